The van der Waals surface area contributed by atoms with Crippen molar-refractivity contribution in [1.82, 2.24) is 0 Å². The molecular weight excluding hydrogens is 392 g/mol. The van der Waals surface area contributed by atoms with Gasteiger partial charge in [-0.2, -0.15) is 0 Å². The van der Waals surface area contributed by atoms with Gasteiger partial charge in [-0.1, -0.05) is 0 Å². The second-order valence-corrected chi connectivity index (χ2v) is 6.66. The molecule has 1 aromatic rings. The molecule has 30 heavy (non-hydrogen) atoms. The highest BCUT2D eigenvalue weighted by Gasteiger charge is 2.38. The van der Waals surface area contributed by atoms with E-state index in [1.165, 1.54) is 6.07 Å². The zero-order valence-corrected chi connectivity index (χ0v) is 16.2. The fourth-order valence-corrected chi connectivity index (χ4v) is 3.11. The van der Waals surface area contributed by atoms with E-state index in [4.69, 9.17) is 50.6 Å². The molecule has 1 saturated carbocycles. The molecule has 17 N–H and O–H groups in total. The molecule has 14 nitrogen and oxygen atoms in total. The Kier molecular flexibility index (Phi) is 7.08. The van der Waals surface area contributed by atoms with E-state index in [0.717, 1.165) is 0 Å². The Bertz CT molecular complexity index is 865. The number of aliphatic hydroxyl groups excluding tert-OH is 1. The van der Waals surface area contributed by atoms with Crippen molar-refractivity contribution in [3.05, 3.63) is 18.2 Å². The highest BCUT2D eigenvalue weighted by Crippen LogP contribution is 2.35. The Morgan fingerprint density at radius 2 is 1.40 bits per heavy atom. The smallest absolute Gasteiger partial charge is 0.191 e. The number of hydrogen-bond acceptors (Lipinski definition) is 6. The standard InChI is InChI=1S/C16H28N12O2/c17-13(18)25-6-1-2-11(8(3-6)27-15(21)22)30-12-5-10(29)7(26-14(19)20)4-9(12)28-16(23)24/h1-3,7,9-10,12,29H,4-5H2,(H4,17,18,25)(H4,19,20,26)(H4,21,22,27)(H4,23,24,28)/t7-,9+,10-,12+/m1/s1. The zero-order valence-electron chi connectivity index (χ0n) is 16.2. The number of aliphatic imine (C=N–C) groups is 4. The summed E-state index contributed by atoms with van der Waals surface area (Å²) in [5, 5.41) is 10.5. The van der Waals surface area contributed by atoms with Crippen LogP contribution < -0.4 is 50.6 Å². The van der Waals surface area contributed by atoms with E-state index in [-0.39, 0.29) is 42.4 Å². The second kappa shape index (κ2) is 9.51. The minimum atomic E-state index is -0.880. The lowest BCUT2D eigenvalue weighted by atomic mass is 9.86. The summed E-state index contributed by atoms with van der Waals surface area (Å²) < 4.78 is 6.07. The fourth-order valence-electron chi connectivity index (χ4n) is 3.11. The number of guanidine groups is 4. The van der Waals surface area contributed by atoms with E-state index in [2.05, 4.69) is 20.0 Å². The molecule has 1 aromatic carbocycles. The molecule has 1 fully saturated rings. The van der Waals surface area contributed by atoms with Crippen LogP contribution in [-0.2, 0) is 0 Å². The van der Waals surface area contributed by atoms with Crippen molar-refractivity contribution in [2.45, 2.75) is 37.1 Å². The first-order valence-electron chi connectivity index (χ1n) is 8.90. The fraction of sp³-hybridized carbons (Fsp3) is 0.375. The van der Waals surface area contributed by atoms with Gasteiger partial charge in [0.15, 0.2) is 23.8 Å². The van der Waals surface area contributed by atoms with Gasteiger partial charge in [-0.3, -0.25) is 0 Å². The minimum Gasteiger partial charge on any atom is -0.486 e. The topological polar surface area (TPSA) is 287 Å². The van der Waals surface area contributed by atoms with Gasteiger partial charge in [0.1, 0.15) is 17.5 Å². The molecule has 0 unspecified atom stereocenters. The normalized spacial score (nSPS) is 23.0. The second-order valence-electron chi connectivity index (χ2n) is 6.66. The first-order valence-corrected chi connectivity index (χ1v) is 8.90. The van der Waals surface area contributed by atoms with Gasteiger partial charge < -0.3 is 55.7 Å². The summed E-state index contributed by atoms with van der Waals surface area (Å²) >= 11 is 0. The van der Waals surface area contributed by atoms with Crippen molar-refractivity contribution in [3.63, 3.8) is 0 Å². The number of hydrogen-bond donors (Lipinski definition) is 9. The molecule has 2 rings (SSSR count). The van der Waals surface area contributed by atoms with E-state index in [1.807, 2.05) is 0 Å². The Morgan fingerprint density at radius 3 is 1.97 bits per heavy atom. The molecule has 1 aliphatic rings. The third-order valence-corrected chi connectivity index (χ3v) is 4.19. The lowest BCUT2D eigenvalue weighted by molar-refractivity contribution is 0.0283. The summed E-state index contributed by atoms with van der Waals surface area (Å²) in [5.74, 6) is -0.299. The van der Waals surface area contributed by atoms with E-state index in [9.17, 15) is 5.11 Å². The van der Waals surface area contributed by atoms with Gasteiger partial charge in [0.25, 0.3) is 0 Å². The molecule has 0 bridgehead atoms. The van der Waals surface area contributed by atoms with Crippen LogP contribution in [0.1, 0.15) is 12.8 Å². The van der Waals surface area contributed by atoms with E-state index in [1.54, 1.807) is 12.1 Å². The zero-order chi connectivity index (χ0) is 22.4. The Labute approximate surface area is 172 Å². The number of benzene rings is 1. The van der Waals surface area contributed by atoms with Crippen molar-refractivity contribution < 1.29 is 9.84 Å². The van der Waals surface area contributed by atoms with Crippen LogP contribution in [0.4, 0.5) is 11.4 Å². The van der Waals surface area contributed by atoms with E-state index >= 15 is 0 Å². The molecular formula is C16H28N12O2. The molecule has 164 valence electrons. The maximum atomic E-state index is 10.5. The summed E-state index contributed by atoms with van der Waals surface area (Å²) in [6, 6.07) is 3.62. The Hall–Kier alpha value is -3.94. The third-order valence-electron chi connectivity index (χ3n) is 4.19. The van der Waals surface area contributed by atoms with Crippen LogP contribution in [0.15, 0.2) is 38.2 Å². The highest BCUT2D eigenvalue weighted by atomic mass is 16.5. The van der Waals surface area contributed by atoms with Gasteiger partial charge in [0, 0.05) is 6.42 Å². The summed E-state index contributed by atoms with van der Waals surface area (Å²) in [5.41, 5.74) is 44.5. The minimum absolute atomic E-state index is 0.131. The molecule has 0 radical (unpaired) electrons. The summed E-state index contributed by atoms with van der Waals surface area (Å²) in [6.07, 6.45) is -1.09. The van der Waals surface area contributed by atoms with Crippen LogP contribution in [0.2, 0.25) is 0 Å². The quantitative estimate of drug-likeness (QED) is 0.163. The van der Waals surface area contributed by atoms with Crippen LogP contribution >= 0.6 is 0 Å². The van der Waals surface area contributed by atoms with E-state index in [0.29, 0.717) is 11.4 Å². The van der Waals surface area contributed by atoms with Gasteiger partial charge in [-0.05, 0) is 24.6 Å². The largest absolute Gasteiger partial charge is 0.486 e. The van der Waals surface area contributed by atoms with Gasteiger partial charge in [0.05, 0.1) is 23.9 Å². The molecule has 0 amide bonds. The molecule has 1 aliphatic carbocycles. The average molecular weight is 420 g/mol. The third kappa shape index (κ3) is 6.30. The molecule has 14 heteroatoms. The SMILES string of the molecule is NC(N)=Nc1ccc(O[C@H]2C[C@@H](O)[C@H](N=C(N)N)C[C@@H]2N=C(N)N)c(N=C(N)N)c1. The van der Waals surface area contributed by atoms with Crippen molar-refractivity contribution in [1.29, 1.82) is 0 Å². The maximum absolute atomic E-state index is 10.5. The first-order chi connectivity index (χ1) is 14.0. The highest BCUT2D eigenvalue weighted by molar-refractivity contribution is 5.82. The van der Waals surface area contributed by atoms with Crippen molar-refractivity contribution in [2.75, 3.05) is 0 Å². The van der Waals surface area contributed by atoms with Crippen molar-refractivity contribution >= 4 is 35.2 Å². The van der Waals surface area contributed by atoms with Crippen LogP contribution in [0.3, 0.4) is 0 Å². The summed E-state index contributed by atoms with van der Waals surface area (Å²) in [7, 11) is 0. The average Bonchev–Trinajstić information content (AvgIpc) is 2.59. The Balaban J connectivity index is 2.38. The van der Waals surface area contributed by atoms with Crippen molar-refractivity contribution in [2.24, 2.45) is 65.8 Å². The number of nitrogens with zero attached hydrogens (tertiary/aromatic N) is 4. The van der Waals surface area contributed by atoms with Gasteiger partial charge in [-0.15, -0.1) is 0 Å². The van der Waals surface area contributed by atoms with Gasteiger partial charge >= 0.3 is 0 Å². The molecule has 0 aliphatic heterocycles. The van der Waals surface area contributed by atoms with Crippen LogP contribution in [0.5, 0.6) is 5.75 Å². The lowest BCUT2D eigenvalue weighted by Crippen LogP contribution is -2.48. The predicted octanol–water partition coefficient (Wildman–Crippen LogP) is -3.32. The van der Waals surface area contributed by atoms with Gasteiger partial charge in [0.2, 0.25) is 0 Å². The van der Waals surface area contributed by atoms with Crippen LogP contribution in [0, 0.1) is 0 Å². The maximum Gasteiger partial charge on any atom is 0.191 e. The molecule has 0 aromatic heterocycles. The summed E-state index contributed by atoms with van der Waals surface area (Å²) in [4.78, 5) is 16.2. The number of ether oxygens (including phenoxy) is 1. The lowest BCUT2D eigenvalue weighted by Gasteiger charge is -2.36. The molecule has 0 heterocycles. The van der Waals surface area contributed by atoms with E-state index < -0.39 is 24.3 Å². The molecule has 0 saturated heterocycles. The molecule has 0 spiro atoms. The number of rotatable bonds is 6. The van der Waals surface area contributed by atoms with Crippen LogP contribution in [0.25, 0.3) is 0 Å². The van der Waals surface area contributed by atoms with Crippen molar-refractivity contribution in [3.8, 4) is 5.75 Å². The monoisotopic (exact) mass is 420 g/mol. The Morgan fingerprint density at radius 1 is 0.800 bits per heavy atom. The van der Waals surface area contributed by atoms with Crippen LogP contribution in [-0.4, -0.2) is 53.2 Å². The number of nitrogens with two attached hydrogens (primary N) is 8. The summed E-state index contributed by atoms with van der Waals surface area (Å²) in [6.45, 7) is 0. The predicted molar refractivity (Wildman–Crippen MR) is 116 cm³/mol. The first kappa shape index (κ1) is 22.4. The van der Waals surface area contributed by atoms with Gasteiger partial charge in [-0.25, -0.2) is 20.0 Å². The number of aliphatic hydroxyl groups is 1. The molecule has 4 atom stereocenters.